The fourth-order valence-electron chi connectivity index (χ4n) is 2.03. The van der Waals surface area contributed by atoms with Crippen LogP contribution in [0.4, 0.5) is 4.39 Å². The van der Waals surface area contributed by atoms with Crippen LogP contribution >= 0.6 is 0 Å². The van der Waals surface area contributed by atoms with Gasteiger partial charge >= 0.3 is 0 Å². The van der Waals surface area contributed by atoms with E-state index in [1.54, 1.807) is 17.7 Å². The quantitative estimate of drug-likeness (QED) is 0.899. The number of hydrogen-bond donors (Lipinski definition) is 1. The summed E-state index contributed by atoms with van der Waals surface area (Å²) in [6, 6.07) is 5.49. The minimum Gasteiger partial charge on any atom is -0.313 e. The van der Waals surface area contributed by atoms with Crippen LogP contribution < -0.4 is 5.32 Å². The number of likely N-dealkylation sites (N-methyl/N-ethyl adjacent to an activating group) is 1. The van der Waals surface area contributed by atoms with Crippen LogP contribution in [0.2, 0.25) is 0 Å². The average Bonchev–Trinajstić information content (AvgIpc) is 2.75. The standard InChI is InChI=1S/C14H18FN3/c1-10-4-5-12(7-13(10)15)14(16-2)6-11-8-17-18(3)9-11/h4-5,7-9,14,16H,6H2,1-3H3. The maximum atomic E-state index is 13.6. The zero-order valence-electron chi connectivity index (χ0n) is 10.9. The van der Waals surface area contributed by atoms with Crippen LogP contribution in [0.3, 0.4) is 0 Å². The van der Waals surface area contributed by atoms with Crippen LogP contribution in [0.1, 0.15) is 22.7 Å². The number of hydrogen-bond acceptors (Lipinski definition) is 2. The molecule has 1 aromatic carbocycles. The lowest BCUT2D eigenvalue weighted by Gasteiger charge is -2.16. The van der Waals surface area contributed by atoms with Crippen molar-refractivity contribution in [2.45, 2.75) is 19.4 Å². The number of halogens is 1. The van der Waals surface area contributed by atoms with Crippen molar-refractivity contribution in [3.8, 4) is 0 Å². The zero-order valence-corrected chi connectivity index (χ0v) is 10.9. The van der Waals surface area contributed by atoms with Crippen molar-refractivity contribution in [2.24, 2.45) is 7.05 Å². The predicted molar refractivity (Wildman–Crippen MR) is 69.8 cm³/mol. The number of benzene rings is 1. The molecule has 18 heavy (non-hydrogen) atoms. The minimum atomic E-state index is -0.154. The largest absolute Gasteiger partial charge is 0.313 e. The smallest absolute Gasteiger partial charge is 0.126 e. The van der Waals surface area contributed by atoms with Crippen molar-refractivity contribution < 1.29 is 4.39 Å². The third-order valence-corrected chi connectivity index (χ3v) is 3.14. The van der Waals surface area contributed by atoms with Gasteiger partial charge in [0.2, 0.25) is 0 Å². The lowest BCUT2D eigenvalue weighted by Crippen LogP contribution is -2.18. The molecule has 0 aliphatic heterocycles. The number of aromatic nitrogens is 2. The molecule has 0 aliphatic carbocycles. The van der Waals surface area contributed by atoms with Crippen molar-refractivity contribution >= 4 is 0 Å². The maximum absolute atomic E-state index is 13.6. The molecule has 0 amide bonds. The Kier molecular flexibility index (Phi) is 3.77. The normalized spacial score (nSPS) is 12.7. The number of aryl methyl sites for hydroxylation is 2. The zero-order chi connectivity index (χ0) is 13.1. The molecule has 2 rings (SSSR count). The summed E-state index contributed by atoms with van der Waals surface area (Å²) in [6.07, 6.45) is 4.62. The summed E-state index contributed by atoms with van der Waals surface area (Å²) in [5.41, 5.74) is 2.78. The van der Waals surface area contributed by atoms with Gasteiger partial charge in [0.15, 0.2) is 0 Å². The van der Waals surface area contributed by atoms with E-state index >= 15 is 0 Å². The van der Waals surface area contributed by atoms with Gasteiger partial charge in [0.25, 0.3) is 0 Å². The van der Waals surface area contributed by atoms with Crippen LogP contribution in [-0.2, 0) is 13.5 Å². The molecular formula is C14H18FN3. The summed E-state index contributed by atoms with van der Waals surface area (Å²) in [7, 11) is 3.78. The second kappa shape index (κ2) is 5.31. The lowest BCUT2D eigenvalue weighted by atomic mass is 9.99. The van der Waals surface area contributed by atoms with E-state index in [4.69, 9.17) is 0 Å². The van der Waals surface area contributed by atoms with E-state index in [-0.39, 0.29) is 11.9 Å². The van der Waals surface area contributed by atoms with Gasteiger partial charge in [-0.2, -0.15) is 5.10 Å². The molecule has 0 saturated carbocycles. The average molecular weight is 247 g/mol. The van der Waals surface area contributed by atoms with Crippen LogP contribution in [-0.4, -0.2) is 16.8 Å². The molecule has 1 N–H and O–H groups in total. The molecule has 0 fully saturated rings. The molecule has 0 spiro atoms. The van der Waals surface area contributed by atoms with E-state index in [0.717, 1.165) is 17.5 Å². The molecule has 4 heteroatoms. The van der Waals surface area contributed by atoms with Crippen LogP contribution in [0.5, 0.6) is 0 Å². The Bertz CT molecular complexity index is 534. The SMILES string of the molecule is CNC(Cc1cnn(C)c1)c1ccc(C)c(F)c1. The molecule has 96 valence electrons. The highest BCUT2D eigenvalue weighted by molar-refractivity contribution is 5.27. The first-order valence-corrected chi connectivity index (χ1v) is 6.01. The van der Waals surface area contributed by atoms with Crippen molar-refractivity contribution in [3.63, 3.8) is 0 Å². The summed E-state index contributed by atoms with van der Waals surface area (Å²) in [5, 5.41) is 7.36. The first-order valence-electron chi connectivity index (χ1n) is 6.01. The van der Waals surface area contributed by atoms with Crippen LogP contribution in [0, 0.1) is 12.7 Å². The van der Waals surface area contributed by atoms with Crippen molar-refractivity contribution in [3.05, 3.63) is 53.1 Å². The van der Waals surface area contributed by atoms with Gasteiger partial charge < -0.3 is 5.32 Å². The second-order valence-corrected chi connectivity index (χ2v) is 4.58. The topological polar surface area (TPSA) is 29.9 Å². The molecule has 1 aromatic heterocycles. The van der Waals surface area contributed by atoms with E-state index in [0.29, 0.717) is 5.56 Å². The third kappa shape index (κ3) is 2.76. The van der Waals surface area contributed by atoms with Crippen molar-refractivity contribution in [1.82, 2.24) is 15.1 Å². The van der Waals surface area contributed by atoms with Gasteiger partial charge in [-0.3, -0.25) is 4.68 Å². The molecule has 0 bridgehead atoms. The molecule has 3 nitrogen and oxygen atoms in total. The Morgan fingerprint density at radius 3 is 2.78 bits per heavy atom. The Labute approximate surface area is 107 Å². The predicted octanol–water partition coefficient (Wildman–Crippen LogP) is 2.37. The van der Waals surface area contributed by atoms with Gasteiger partial charge in [0.1, 0.15) is 5.82 Å². The van der Waals surface area contributed by atoms with E-state index in [2.05, 4.69) is 10.4 Å². The molecule has 2 aromatic rings. The molecule has 1 unspecified atom stereocenters. The summed E-state index contributed by atoms with van der Waals surface area (Å²) < 4.78 is 15.4. The number of rotatable bonds is 4. The van der Waals surface area contributed by atoms with E-state index in [1.165, 1.54) is 0 Å². The molecule has 1 atom stereocenters. The lowest BCUT2D eigenvalue weighted by molar-refractivity contribution is 0.574. The Hall–Kier alpha value is -1.68. The fraction of sp³-hybridized carbons (Fsp3) is 0.357. The van der Waals surface area contributed by atoms with E-state index < -0.39 is 0 Å². The Balaban J connectivity index is 2.19. The Morgan fingerprint density at radius 1 is 1.44 bits per heavy atom. The van der Waals surface area contributed by atoms with Gasteiger partial charge in [-0.05, 0) is 43.1 Å². The number of nitrogens with one attached hydrogen (secondary N) is 1. The summed E-state index contributed by atoms with van der Waals surface area (Å²) >= 11 is 0. The van der Waals surface area contributed by atoms with Crippen molar-refractivity contribution in [1.29, 1.82) is 0 Å². The van der Waals surface area contributed by atoms with Crippen LogP contribution in [0.25, 0.3) is 0 Å². The highest BCUT2D eigenvalue weighted by atomic mass is 19.1. The van der Waals surface area contributed by atoms with Crippen LogP contribution in [0.15, 0.2) is 30.6 Å². The minimum absolute atomic E-state index is 0.101. The first-order chi connectivity index (χ1) is 8.60. The van der Waals surface area contributed by atoms with Gasteiger partial charge in [-0.1, -0.05) is 12.1 Å². The third-order valence-electron chi connectivity index (χ3n) is 3.14. The second-order valence-electron chi connectivity index (χ2n) is 4.58. The van der Waals surface area contributed by atoms with Gasteiger partial charge in [0, 0.05) is 19.3 Å². The van der Waals surface area contributed by atoms with E-state index in [9.17, 15) is 4.39 Å². The summed E-state index contributed by atoms with van der Waals surface area (Å²) in [6.45, 7) is 1.77. The molecule has 0 radical (unpaired) electrons. The molecular weight excluding hydrogens is 229 g/mol. The van der Waals surface area contributed by atoms with Gasteiger partial charge in [-0.25, -0.2) is 4.39 Å². The highest BCUT2D eigenvalue weighted by Crippen LogP contribution is 2.20. The fourth-order valence-corrected chi connectivity index (χ4v) is 2.03. The first kappa shape index (κ1) is 12.8. The summed E-state index contributed by atoms with van der Waals surface area (Å²) in [4.78, 5) is 0. The van der Waals surface area contributed by atoms with Crippen molar-refractivity contribution in [2.75, 3.05) is 7.05 Å². The maximum Gasteiger partial charge on any atom is 0.126 e. The highest BCUT2D eigenvalue weighted by Gasteiger charge is 2.12. The molecule has 1 heterocycles. The molecule has 0 aliphatic rings. The summed E-state index contributed by atoms with van der Waals surface area (Å²) in [5.74, 6) is -0.154. The molecule has 0 saturated heterocycles. The van der Waals surface area contributed by atoms with Gasteiger partial charge in [0.05, 0.1) is 6.20 Å². The van der Waals surface area contributed by atoms with E-state index in [1.807, 2.05) is 38.6 Å². The monoisotopic (exact) mass is 247 g/mol. The number of nitrogens with zero attached hydrogens (tertiary/aromatic N) is 2. The Morgan fingerprint density at radius 2 is 2.22 bits per heavy atom. The van der Waals surface area contributed by atoms with Gasteiger partial charge in [-0.15, -0.1) is 0 Å².